The van der Waals surface area contributed by atoms with Crippen molar-refractivity contribution in [2.75, 3.05) is 0 Å². The molecule has 1 heterocycles. The molecule has 0 saturated carbocycles. The van der Waals surface area contributed by atoms with Crippen molar-refractivity contribution < 1.29 is 14.8 Å². The number of hydroxylamine groups is 1. The van der Waals surface area contributed by atoms with Gasteiger partial charge in [-0.1, -0.05) is 71.7 Å². The van der Waals surface area contributed by atoms with Gasteiger partial charge in [0, 0.05) is 23.4 Å². The molecule has 1 aromatic heterocycles. The minimum atomic E-state index is -0.600. The van der Waals surface area contributed by atoms with Crippen LogP contribution in [0.3, 0.4) is 0 Å². The summed E-state index contributed by atoms with van der Waals surface area (Å²) in [6, 6.07) is 23.4. The molecule has 0 saturated heterocycles. The minimum absolute atomic E-state index is 0.250. The number of hydrogen-bond donors (Lipinski definition) is 4. The predicted molar refractivity (Wildman–Crippen MR) is 129 cm³/mol. The molecule has 0 aliphatic carbocycles. The van der Waals surface area contributed by atoms with Gasteiger partial charge in [0.05, 0.1) is 10.0 Å². The second-order valence-electron chi connectivity index (χ2n) is 7.29. The van der Waals surface area contributed by atoms with E-state index in [2.05, 4.69) is 10.3 Å². The smallest absolute Gasteiger partial charge is 0.274 e. The van der Waals surface area contributed by atoms with Crippen LogP contribution >= 0.6 is 23.2 Å². The SMILES string of the molecule is O=C(NO)c1ccc(CNC(=O)c2[nH]c(-c3ccccc3)cc2-c2ccc(Cl)c(Cl)c2)cc1. The maximum atomic E-state index is 13.1. The van der Waals surface area contributed by atoms with E-state index in [4.69, 9.17) is 28.4 Å². The number of aromatic nitrogens is 1. The Balaban J connectivity index is 1.62. The molecule has 4 N–H and O–H groups in total. The molecular weight excluding hydrogens is 461 g/mol. The van der Waals surface area contributed by atoms with Crippen molar-refractivity contribution >= 4 is 35.0 Å². The van der Waals surface area contributed by atoms with Crippen molar-refractivity contribution in [1.82, 2.24) is 15.8 Å². The van der Waals surface area contributed by atoms with Crippen LogP contribution < -0.4 is 10.8 Å². The molecule has 0 fully saturated rings. The Bertz CT molecular complexity index is 1300. The number of carbonyl (C=O) groups is 2. The molecule has 0 atom stereocenters. The first-order valence-corrected chi connectivity index (χ1v) is 10.8. The van der Waals surface area contributed by atoms with Crippen LogP contribution in [0, 0.1) is 0 Å². The van der Waals surface area contributed by atoms with E-state index in [9.17, 15) is 9.59 Å². The van der Waals surface area contributed by atoms with E-state index in [1.165, 1.54) is 0 Å². The molecule has 33 heavy (non-hydrogen) atoms. The number of H-pyrrole nitrogens is 1. The Morgan fingerprint density at radius 1 is 0.818 bits per heavy atom. The first-order chi connectivity index (χ1) is 16.0. The molecule has 4 rings (SSSR count). The lowest BCUT2D eigenvalue weighted by Gasteiger charge is -2.08. The van der Waals surface area contributed by atoms with Crippen molar-refractivity contribution in [3.8, 4) is 22.4 Å². The number of rotatable bonds is 6. The zero-order chi connectivity index (χ0) is 23.4. The molecule has 0 radical (unpaired) electrons. The van der Waals surface area contributed by atoms with E-state index >= 15 is 0 Å². The van der Waals surface area contributed by atoms with Gasteiger partial charge in [0.25, 0.3) is 11.8 Å². The highest BCUT2D eigenvalue weighted by Gasteiger charge is 2.18. The fraction of sp³-hybridized carbons (Fsp3) is 0.0400. The van der Waals surface area contributed by atoms with E-state index in [0.29, 0.717) is 26.9 Å². The Hall–Kier alpha value is -3.58. The highest BCUT2D eigenvalue weighted by molar-refractivity contribution is 6.42. The number of aromatic amines is 1. The summed E-state index contributed by atoms with van der Waals surface area (Å²) in [6.45, 7) is 0.250. The highest BCUT2D eigenvalue weighted by atomic mass is 35.5. The molecule has 166 valence electrons. The number of nitrogens with one attached hydrogen (secondary N) is 3. The first-order valence-electron chi connectivity index (χ1n) is 10.0. The van der Waals surface area contributed by atoms with Crippen LogP contribution in [0.4, 0.5) is 0 Å². The predicted octanol–water partition coefficient (Wildman–Crippen LogP) is 5.70. The maximum Gasteiger partial charge on any atom is 0.274 e. The lowest BCUT2D eigenvalue weighted by molar-refractivity contribution is 0.0706. The molecule has 4 aromatic rings. The summed E-state index contributed by atoms with van der Waals surface area (Å²) in [5.41, 5.74) is 6.27. The van der Waals surface area contributed by atoms with Gasteiger partial charge < -0.3 is 10.3 Å². The summed E-state index contributed by atoms with van der Waals surface area (Å²) in [7, 11) is 0. The number of hydrogen-bond acceptors (Lipinski definition) is 3. The van der Waals surface area contributed by atoms with Crippen LogP contribution in [-0.4, -0.2) is 22.0 Å². The Labute approximate surface area is 200 Å². The molecule has 0 aliphatic rings. The zero-order valence-corrected chi connectivity index (χ0v) is 18.7. The third-order valence-electron chi connectivity index (χ3n) is 5.13. The molecule has 0 bridgehead atoms. The summed E-state index contributed by atoms with van der Waals surface area (Å²) in [5.74, 6) is -0.896. The Kier molecular flexibility index (Phi) is 6.79. The van der Waals surface area contributed by atoms with Gasteiger partial charge in [0.15, 0.2) is 0 Å². The minimum Gasteiger partial charge on any atom is -0.350 e. The van der Waals surface area contributed by atoms with Gasteiger partial charge in [-0.15, -0.1) is 0 Å². The number of benzene rings is 3. The summed E-state index contributed by atoms with van der Waals surface area (Å²) in [4.78, 5) is 27.8. The summed E-state index contributed by atoms with van der Waals surface area (Å²) in [5, 5.41) is 12.5. The van der Waals surface area contributed by atoms with Gasteiger partial charge in [0.1, 0.15) is 5.69 Å². The maximum absolute atomic E-state index is 13.1. The molecule has 0 unspecified atom stereocenters. The Morgan fingerprint density at radius 3 is 2.21 bits per heavy atom. The van der Waals surface area contributed by atoms with Crippen LogP contribution in [0.25, 0.3) is 22.4 Å². The summed E-state index contributed by atoms with van der Waals surface area (Å²) < 4.78 is 0. The second kappa shape index (κ2) is 9.92. The van der Waals surface area contributed by atoms with E-state index in [1.54, 1.807) is 41.9 Å². The van der Waals surface area contributed by atoms with Gasteiger partial charge in [-0.05, 0) is 47.0 Å². The fourth-order valence-electron chi connectivity index (χ4n) is 3.41. The summed E-state index contributed by atoms with van der Waals surface area (Å²) >= 11 is 12.3. The number of amides is 2. The van der Waals surface area contributed by atoms with Crippen molar-refractivity contribution in [3.05, 3.63) is 106 Å². The van der Waals surface area contributed by atoms with Crippen molar-refractivity contribution in [2.45, 2.75) is 6.54 Å². The average Bonchev–Trinajstić information content (AvgIpc) is 3.30. The third kappa shape index (κ3) is 5.09. The van der Waals surface area contributed by atoms with Gasteiger partial charge >= 0.3 is 0 Å². The average molecular weight is 480 g/mol. The van der Waals surface area contributed by atoms with Crippen molar-refractivity contribution in [3.63, 3.8) is 0 Å². The molecule has 6 nitrogen and oxygen atoms in total. The van der Waals surface area contributed by atoms with E-state index in [0.717, 1.165) is 22.4 Å². The highest BCUT2D eigenvalue weighted by Crippen LogP contribution is 2.33. The number of halogens is 2. The van der Waals surface area contributed by atoms with Crippen LogP contribution in [0.1, 0.15) is 26.4 Å². The standard InChI is InChI=1S/C25H19Cl2N3O3/c26-20-11-10-18(12-21(20)27)19-13-22(16-4-2-1-3-5-16)29-23(19)25(32)28-14-15-6-8-17(9-7-15)24(31)30-33/h1-13,29,33H,14H2,(H,28,32)(H,30,31). The van der Waals surface area contributed by atoms with Crippen LogP contribution in [0.15, 0.2) is 78.9 Å². The van der Waals surface area contributed by atoms with Gasteiger partial charge in [-0.25, -0.2) is 5.48 Å². The van der Waals surface area contributed by atoms with Crippen LogP contribution in [0.5, 0.6) is 0 Å². The topological polar surface area (TPSA) is 94.2 Å². The van der Waals surface area contributed by atoms with Gasteiger partial charge in [-0.2, -0.15) is 0 Å². The Morgan fingerprint density at radius 2 is 1.55 bits per heavy atom. The monoisotopic (exact) mass is 479 g/mol. The molecule has 3 aromatic carbocycles. The largest absolute Gasteiger partial charge is 0.350 e. The molecule has 8 heteroatoms. The second-order valence-corrected chi connectivity index (χ2v) is 8.10. The summed E-state index contributed by atoms with van der Waals surface area (Å²) in [6.07, 6.45) is 0. The quantitative estimate of drug-likeness (QED) is 0.211. The van der Waals surface area contributed by atoms with Crippen LogP contribution in [0.2, 0.25) is 10.0 Å². The normalized spacial score (nSPS) is 10.6. The van der Waals surface area contributed by atoms with Crippen molar-refractivity contribution in [1.29, 1.82) is 0 Å². The van der Waals surface area contributed by atoms with Crippen molar-refractivity contribution in [2.24, 2.45) is 0 Å². The molecule has 0 spiro atoms. The molecule has 2 amide bonds. The lowest BCUT2D eigenvalue weighted by atomic mass is 10.0. The third-order valence-corrected chi connectivity index (χ3v) is 5.87. The number of carbonyl (C=O) groups excluding carboxylic acids is 2. The first kappa shape index (κ1) is 22.6. The van der Waals surface area contributed by atoms with Gasteiger partial charge in [-0.3, -0.25) is 14.8 Å². The van der Waals surface area contributed by atoms with Gasteiger partial charge in [0.2, 0.25) is 0 Å². The van der Waals surface area contributed by atoms with Crippen LogP contribution in [-0.2, 0) is 6.54 Å². The van der Waals surface area contributed by atoms with E-state index < -0.39 is 5.91 Å². The lowest BCUT2D eigenvalue weighted by Crippen LogP contribution is -2.24. The zero-order valence-electron chi connectivity index (χ0n) is 17.2. The molecule has 0 aliphatic heterocycles. The molecular formula is C25H19Cl2N3O3. The fourth-order valence-corrected chi connectivity index (χ4v) is 3.71. The van der Waals surface area contributed by atoms with E-state index in [1.807, 2.05) is 42.5 Å². The van der Waals surface area contributed by atoms with E-state index in [-0.39, 0.29) is 12.5 Å².